The zero-order chi connectivity index (χ0) is 26.8. The van der Waals surface area contributed by atoms with Gasteiger partial charge in [0.1, 0.15) is 23.0 Å². The summed E-state index contributed by atoms with van der Waals surface area (Å²) in [5.41, 5.74) is 6.33. The summed E-state index contributed by atoms with van der Waals surface area (Å²) in [5, 5.41) is 4.45. The summed E-state index contributed by atoms with van der Waals surface area (Å²) in [6, 6.07) is 29.1. The Balaban J connectivity index is 1.31. The molecule has 6 heteroatoms. The topological polar surface area (TPSA) is 57.2 Å². The van der Waals surface area contributed by atoms with Crippen LogP contribution >= 0.6 is 0 Å². The summed E-state index contributed by atoms with van der Waals surface area (Å²) < 4.78 is 10.8. The molecule has 0 N–H and O–H groups in total. The van der Waals surface area contributed by atoms with Crippen LogP contribution in [0.2, 0.25) is 0 Å². The normalized spacial score (nSPS) is 12.0. The molecule has 0 aliphatic heterocycles. The van der Waals surface area contributed by atoms with Gasteiger partial charge in [0.15, 0.2) is 0 Å². The third-order valence-electron chi connectivity index (χ3n) is 7.70. The number of benzene rings is 3. The number of rotatable bonds is 4. The van der Waals surface area contributed by atoms with Gasteiger partial charge in [-0.3, -0.25) is 14.0 Å². The van der Waals surface area contributed by atoms with Crippen molar-refractivity contribution in [1.29, 1.82) is 0 Å². The number of fused-ring (bicyclic) bond motifs is 9. The van der Waals surface area contributed by atoms with Crippen molar-refractivity contribution in [3.63, 3.8) is 0 Å². The molecule has 0 fully saturated rings. The van der Waals surface area contributed by atoms with Crippen LogP contribution in [0.5, 0.6) is 11.5 Å². The van der Waals surface area contributed by atoms with Crippen molar-refractivity contribution in [2.45, 2.75) is 19.8 Å². The molecule has 0 saturated heterocycles. The summed E-state index contributed by atoms with van der Waals surface area (Å²) in [6.45, 7) is 4.44. The molecule has 192 valence electrons. The van der Waals surface area contributed by atoms with E-state index in [-0.39, 0.29) is 0 Å². The highest BCUT2D eigenvalue weighted by atomic mass is 16.5. The molecule has 0 bridgehead atoms. The summed E-state index contributed by atoms with van der Waals surface area (Å²) in [7, 11) is 0. The highest BCUT2D eigenvalue weighted by Crippen LogP contribution is 2.37. The summed E-state index contributed by atoms with van der Waals surface area (Å²) >= 11 is 0. The number of hydrogen-bond donors (Lipinski definition) is 0. The van der Waals surface area contributed by atoms with Crippen LogP contribution in [0.3, 0.4) is 0 Å². The van der Waals surface area contributed by atoms with Crippen LogP contribution < -0.4 is 4.74 Å². The Morgan fingerprint density at radius 3 is 2.40 bits per heavy atom. The number of pyridine rings is 3. The molecule has 5 aromatic heterocycles. The van der Waals surface area contributed by atoms with Gasteiger partial charge >= 0.3 is 0 Å². The monoisotopic (exact) mass is 519 g/mol. The van der Waals surface area contributed by atoms with Crippen molar-refractivity contribution in [3.8, 4) is 17.3 Å². The highest BCUT2D eigenvalue weighted by Gasteiger charge is 2.17. The fraction of sp³-hybridized carbons (Fsp3) is 0.0882. The molecule has 40 heavy (non-hydrogen) atoms. The smallest absolute Gasteiger partial charge is 0.146 e. The van der Waals surface area contributed by atoms with Crippen molar-refractivity contribution in [2.24, 2.45) is 0 Å². The molecule has 8 rings (SSSR count). The zero-order valence-electron chi connectivity index (χ0n) is 22.1. The molecule has 0 atom stereocenters. The van der Waals surface area contributed by atoms with E-state index in [0.717, 1.165) is 55.4 Å². The van der Waals surface area contributed by atoms with Crippen LogP contribution in [0.1, 0.15) is 25.3 Å². The molecule has 0 saturated carbocycles. The fourth-order valence-electron chi connectivity index (χ4n) is 5.95. The van der Waals surface area contributed by atoms with Crippen LogP contribution in [0.25, 0.3) is 55.1 Å². The van der Waals surface area contributed by atoms with Gasteiger partial charge in [0.05, 0.1) is 28.3 Å². The van der Waals surface area contributed by atoms with E-state index in [2.05, 4.69) is 93.4 Å². The van der Waals surface area contributed by atoms with Gasteiger partial charge in [-0.05, 0) is 53.9 Å². The number of hydrogen-bond acceptors (Lipinski definition) is 4. The average molecular weight is 520 g/mol. The van der Waals surface area contributed by atoms with Gasteiger partial charge in [0.25, 0.3) is 0 Å². The summed E-state index contributed by atoms with van der Waals surface area (Å²) in [5.74, 6) is 2.63. The van der Waals surface area contributed by atoms with E-state index in [1.165, 1.54) is 10.9 Å². The van der Waals surface area contributed by atoms with Crippen molar-refractivity contribution in [2.75, 3.05) is 0 Å². The maximum Gasteiger partial charge on any atom is 0.146 e. The second-order valence-corrected chi connectivity index (χ2v) is 10.4. The number of aromatic nitrogens is 5. The SMILES string of the molecule is CC(C)c1cccc2c1c1ncc(Oc3ccc4c5ccccc5n(-c5ccccn5)c4c3)cc1c1nccn21. The van der Waals surface area contributed by atoms with Gasteiger partial charge in [-0.1, -0.05) is 50.2 Å². The molecule has 0 aliphatic carbocycles. The minimum Gasteiger partial charge on any atom is -0.456 e. The average Bonchev–Trinajstić information content (AvgIpc) is 3.61. The second-order valence-electron chi connectivity index (χ2n) is 10.4. The van der Waals surface area contributed by atoms with E-state index in [1.54, 1.807) is 0 Å². The molecular formula is C34H25N5O. The number of ether oxygens (including phenoxy) is 1. The van der Waals surface area contributed by atoms with Gasteiger partial charge in [0, 0.05) is 46.2 Å². The molecule has 5 heterocycles. The molecular weight excluding hydrogens is 494 g/mol. The van der Waals surface area contributed by atoms with E-state index in [9.17, 15) is 0 Å². The quantitative estimate of drug-likeness (QED) is 0.219. The van der Waals surface area contributed by atoms with Crippen LogP contribution in [0.4, 0.5) is 0 Å². The lowest BCUT2D eigenvalue weighted by molar-refractivity contribution is 0.482. The number of nitrogens with zero attached hydrogens (tertiary/aromatic N) is 5. The zero-order valence-corrected chi connectivity index (χ0v) is 22.1. The summed E-state index contributed by atoms with van der Waals surface area (Å²) in [4.78, 5) is 14.3. The first-order valence-corrected chi connectivity index (χ1v) is 13.5. The van der Waals surface area contributed by atoms with Gasteiger partial charge in [-0.2, -0.15) is 0 Å². The minimum atomic E-state index is 0.364. The molecule has 3 aromatic carbocycles. The molecule has 8 aromatic rings. The van der Waals surface area contributed by atoms with Crippen LogP contribution in [0, 0.1) is 0 Å². The lowest BCUT2D eigenvalue weighted by atomic mass is 9.96. The van der Waals surface area contributed by atoms with Crippen molar-refractivity contribution >= 4 is 49.3 Å². The lowest BCUT2D eigenvalue weighted by Crippen LogP contribution is -1.98. The van der Waals surface area contributed by atoms with E-state index in [0.29, 0.717) is 11.7 Å². The molecule has 6 nitrogen and oxygen atoms in total. The second kappa shape index (κ2) is 8.64. The highest BCUT2D eigenvalue weighted by molar-refractivity contribution is 6.11. The lowest BCUT2D eigenvalue weighted by Gasteiger charge is -2.15. The van der Waals surface area contributed by atoms with Gasteiger partial charge in [-0.25, -0.2) is 9.97 Å². The third kappa shape index (κ3) is 3.32. The Hall–Kier alpha value is -5.23. The molecule has 0 aliphatic rings. The number of para-hydroxylation sites is 1. The Morgan fingerprint density at radius 1 is 0.675 bits per heavy atom. The predicted molar refractivity (Wildman–Crippen MR) is 161 cm³/mol. The van der Waals surface area contributed by atoms with E-state index in [4.69, 9.17) is 9.72 Å². The van der Waals surface area contributed by atoms with Gasteiger partial charge in [0.2, 0.25) is 0 Å². The molecule has 0 amide bonds. The minimum absolute atomic E-state index is 0.364. The van der Waals surface area contributed by atoms with E-state index >= 15 is 0 Å². The maximum absolute atomic E-state index is 6.46. The standard InChI is InChI=1S/C34H25N5O/c1-21(2)24-9-7-11-29-32(24)33-27(34-36-16-17-38(29)34)18-23(20-37-33)40-22-13-14-26-25-8-3-4-10-28(25)39(30(26)19-22)31-12-5-6-15-35-31/h3-21H,1-2H3. The molecule has 0 spiro atoms. The van der Waals surface area contributed by atoms with Crippen LogP contribution in [-0.4, -0.2) is 23.9 Å². The summed E-state index contributed by atoms with van der Waals surface area (Å²) in [6.07, 6.45) is 7.49. The predicted octanol–water partition coefficient (Wildman–Crippen LogP) is 8.44. The van der Waals surface area contributed by atoms with Gasteiger partial charge in [-0.15, -0.1) is 0 Å². The van der Waals surface area contributed by atoms with Crippen molar-refractivity contribution in [1.82, 2.24) is 23.9 Å². The first-order chi connectivity index (χ1) is 19.7. The molecule has 0 radical (unpaired) electrons. The first kappa shape index (κ1) is 22.7. The van der Waals surface area contributed by atoms with Crippen LogP contribution in [0.15, 0.2) is 110 Å². The number of imidazole rings is 1. The fourth-order valence-corrected chi connectivity index (χ4v) is 5.95. The van der Waals surface area contributed by atoms with E-state index in [1.807, 2.05) is 49.1 Å². The Bertz CT molecular complexity index is 2230. The Kier molecular flexibility index (Phi) is 4.91. The third-order valence-corrected chi connectivity index (χ3v) is 7.70. The van der Waals surface area contributed by atoms with Crippen molar-refractivity contribution < 1.29 is 4.74 Å². The van der Waals surface area contributed by atoms with Gasteiger partial charge < -0.3 is 4.74 Å². The first-order valence-electron chi connectivity index (χ1n) is 13.5. The maximum atomic E-state index is 6.46. The van der Waals surface area contributed by atoms with E-state index < -0.39 is 0 Å². The molecule has 0 unspecified atom stereocenters. The Labute approximate surface area is 230 Å². The van der Waals surface area contributed by atoms with Crippen molar-refractivity contribution in [3.05, 3.63) is 115 Å². The largest absolute Gasteiger partial charge is 0.456 e. The Morgan fingerprint density at radius 2 is 1.52 bits per heavy atom. The van der Waals surface area contributed by atoms with Crippen LogP contribution in [-0.2, 0) is 0 Å².